The highest BCUT2D eigenvalue weighted by atomic mass is 32.2. The van der Waals surface area contributed by atoms with Crippen LogP contribution in [0.5, 0.6) is 0 Å². The Kier molecular flexibility index (Phi) is 5.54. The number of aromatic nitrogens is 1. The standard InChI is InChI=1S/C10H16N2O4S2/c1-16-9(13)6-8-7-17-10(12-8)11-4-3-5-18(2,14)15/h7H,3-6H2,1-2H3,(H,11,12). The van der Waals surface area contributed by atoms with Gasteiger partial charge in [0.2, 0.25) is 0 Å². The van der Waals surface area contributed by atoms with Gasteiger partial charge in [-0.1, -0.05) is 0 Å². The van der Waals surface area contributed by atoms with Crippen molar-refractivity contribution in [3.8, 4) is 0 Å². The van der Waals surface area contributed by atoms with Gasteiger partial charge in [-0.3, -0.25) is 4.79 Å². The highest BCUT2D eigenvalue weighted by molar-refractivity contribution is 7.90. The number of ether oxygens (including phenoxy) is 1. The van der Waals surface area contributed by atoms with Gasteiger partial charge in [0.05, 0.1) is 25.0 Å². The Hall–Kier alpha value is -1.15. The van der Waals surface area contributed by atoms with Crippen LogP contribution in [0.25, 0.3) is 0 Å². The number of carbonyl (C=O) groups is 1. The van der Waals surface area contributed by atoms with E-state index in [4.69, 9.17) is 0 Å². The SMILES string of the molecule is COC(=O)Cc1csc(NCCCS(C)(=O)=O)n1. The zero-order valence-corrected chi connectivity index (χ0v) is 11.9. The van der Waals surface area contributed by atoms with E-state index in [0.29, 0.717) is 23.8 Å². The second-order valence-electron chi connectivity index (χ2n) is 3.81. The number of nitrogens with one attached hydrogen (secondary N) is 1. The summed E-state index contributed by atoms with van der Waals surface area (Å²) in [5.41, 5.74) is 0.650. The molecule has 0 fully saturated rings. The molecule has 0 atom stereocenters. The number of esters is 1. The Labute approximate surface area is 110 Å². The zero-order valence-electron chi connectivity index (χ0n) is 10.3. The smallest absolute Gasteiger partial charge is 0.311 e. The molecule has 0 bridgehead atoms. The molecule has 0 amide bonds. The van der Waals surface area contributed by atoms with E-state index in [1.54, 1.807) is 5.38 Å². The van der Waals surface area contributed by atoms with Crippen LogP contribution in [-0.2, 0) is 25.8 Å². The van der Waals surface area contributed by atoms with Crippen molar-refractivity contribution in [2.75, 3.05) is 31.0 Å². The fourth-order valence-corrected chi connectivity index (χ4v) is 2.63. The van der Waals surface area contributed by atoms with Gasteiger partial charge in [-0.25, -0.2) is 13.4 Å². The highest BCUT2D eigenvalue weighted by Gasteiger charge is 2.07. The molecule has 0 aromatic carbocycles. The van der Waals surface area contributed by atoms with E-state index < -0.39 is 9.84 Å². The Morgan fingerprint density at radius 2 is 2.28 bits per heavy atom. The summed E-state index contributed by atoms with van der Waals surface area (Å²) in [5, 5.41) is 5.48. The minimum atomic E-state index is -2.91. The molecular weight excluding hydrogens is 276 g/mol. The van der Waals surface area contributed by atoms with Crippen LogP contribution >= 0.6 is 11.3 Å². The first-order chi connectivity index (χ1) is 8.40. The average Bonchev–Trinajstić information content (AvgIpc) is 2.71. The molecule has 6 nitrogen and oxygen atoms in total. The molecule has 18 heavy (non-hydrogen) atoms. The van der Waals surface area contributed by atoms with Crippen molar-refractivity contribution in [3.05, 3.63) is 11.1 Å². The molecule has 0 saturated heterocycles. The first kappa shape index (κ1) is 14.9. The fraction of sp³-hybridized carbons (Fsp3) is 0.600. The molecular formula is C10H16N2O4S2. The van der Waals surface area contributed by atoms with Crippen LogP contribution < -0.4 is 5.32 Å². The van der Waals surface area contributed by atoms with E-state index in [-0.39, 0.29) is 18.1 Å². The molecule has 1 heterocycles. The van der Waals surface area contributed by atoms with Gasteiger partial charge in [-0.2, -0.15) is 0 Å². The maximum atomic E-state index is 11.0. The summed E-state index contributed by atoms with van der Waals surface area (Å²) in [6.07, 6.45) is 1.90. The van der Waals surface area contributed by atoms with Gasteiger partial charge >= 0.3 is 5.97 Å². The van der Waals surface area contributed by atoms with Crippen molar-refractivity contribution >= 4 is 32.3 Å². The molecule has 1 N–H and O–H groups in total. The van der Waals surface area contributed by atoms with Crippen molar-refractivity contribution in [3.63, 3.8) is 0 Å². The van der Waals surface area contributed by atoms with Crippen LogP contribution in [0.4, 0.5) is 5.13 Å². The second kappa shape index (κ2) is 6.69. The number of hydrogen-bond donors (Lipinski definition) is 1. The predicted molar refractivity (Wildman–Crippen MR) is 70.7 cm³/mol. The Morgan fingerprint density at radius 3 is 2.89 bits per heavy atom. The molecule has 1 aromatic rings. The third-order valence-corrected chi connectivity index (χ3v) is 3.95. The number of rotatable bonds is 7. The summed E-state index contributed by atoms with van der Waals surface area (Å²) in [6, 6.07) is 0. The van der Waals surface area contributed by atoms with Gasteiger partial charge in [0.15, 0.2) is 5.13 Å². The van der Waals surface area contributed by atoms with E-state index in [9.17, 15) is 13.2 Å². The highest BCUT2D eigenvalue weighted by Crippen LogP contribution is 2.15. The maximum absolute atomic E-state index is 11.0. The minimum Gasteiger partial charge on any atom is -0.469 e. The maximum Gasteiger partial charge on any atom is 0.311 e. The number of thiazole rings is 1. The second-order valence-corrected chi connectivity index (χ2v) is 6.92. The third kappa shape index (κ3) is 5.97. The summed E-state index contributed by atoms with van der Waals surface area (Å²) in [6.45, 7) is 0.540. The molecule has 0 aliphatic heterocycles. The van der Waals surface area contributed by atoms with Crippen molar-refractivity contribution in [2.45, 2.75) is 12.8 Å². The summed E-state index contributed by atoms with van der Waals surface area (Å²) >= 11 is 1.38. The number of methoxy groups -OCH3 is 1. The largest absolute Gasteiger partial charge is 0.469 e. The van der Waals surface area contributed by atoms with Crippen LogP contribution in [0.3, 0.4) is 0 Å². The minimum absolute atomic E-state index is 0.151. The molecule has 0 saturated carbocycles. The first-order valence-corrected chi connectivity index (χ1v) is 8.27. The first-order valence-electron chi connectivity index (χ1n) is 5.33. The van der Waals surface area contributed by atoms with Gasteiger partial charge in [-0.15, -0.1) is 11.3 Å². The molecule has 102 valence electrons. The quantitative estimate of drug-likeness (QED) is 0.588. The molecule has 0 aliphatic rings. The van der Waals surface area contributed by atoms with Crippen LogP contribution in [0, 0.1) is 0 Å². The number of nitrogens with zero attached hydrogens (tertiary/aromatic N) is 1. The number of hydrogen-bond acceptors (Lipinski definition) is 7. The van der Waals surface area contributed by atoms with Crippen LogP contribution in [0.2, 0.25) is 0 Å². The zero-order chi connectivity index (χ0) is 13.6. The number of anilines is 1. The predicted octanol–water partition coefficient (Wildman–Crippen LogP) is 0.705. The normalized spacial score (nSPS) is 11.2. The Morgan fingerprint density at radius 1 is 1.56 bits per heavy atom. The van der Waals surface area contributed by atoms with E-state index in [2.05, 4.69) is 15.0 Å². The summed E-state index contributed by atoms with van der Waals surface area (Å²) < 4.78 is 26.4. The number of carbonyl (C=O) groups excluding carboxylic acids is 1. The van der Waals surface area contributed by atoms with Crippen LogP contribution in [-0.4, -0.2) is 45.0 Å². The summed E-state index contributed by atoms with van der Waals surface area (Å²) in [7, 11) is -1.58. The van der Waals surface area contributed by atoms with Gasteiger partial charge in [0, 0.05) is 18.2 Å². The van der Waals surface area contributed by atoms with Crippen molar-refractivity contribution in [1.82, 2.24) is 4.98 Å². The molecule has 0 unspecified atom stereocenters. The van der Waals surface area contributed by atoms with Gasteiger partial charge in [-0.05, 0) is 6.42 Å². The number of sulfone groups is 1. The van der Waals surface area contributed by atoms with E-state index in [1.165, 1.54) is 24.7 Å². The monoisotopic (exact) mass is 292 g/mol. The topological polar surface area (TPSA) is 85.4 Å². The van der Waals surface area contributed by atoms with Gasteiger partial charge in [0.25, 0.3) is 0 Å². The summed E-state index contributed by atoms with van der Waals surface area (Å²) in [4.78, 5) is 15.2. The molecule has 0 radical (unpaired) electrons. The lowest BCUT2D eigenvalue weighted by Crippen LogP contribution is -2.10. The Balaban J connectivity index is 2.33. The lowest BCUT2D eigenvalue weighted by molar-refractivity contribution is -0.139. The van der Waals surface area contributed by atoms with Gasteiger partial charge < -0.3 is 10.1 Å². The fourth-order valence-electron chi connectivity index (χ4n) is 1.22. The lowest BCUT2D eigenvalue weighted by atomic mass is 10.3. The molecule has 8 heteroatoms. The van der Waals surface area contributed by atoms with Crippen molar-refractivity contribution in [1.29, 1.82) is 0 Å². The summed E-state index contributed by atoms with van der Waals surface area (Å²) in [5.74, 6) is -0.177. The van der Waals surface area contributed by atoms with E-state index in [0.717, 1.165) is 0 Å². The van der Waals surface area contributed by atoms with E-state index >= 15 is 0 Å². The average molecular weight is 292 g/mol. The lowest BCUT2D eigenvalue weighted by Gasteiger charge is -2.01. The van der Waals surface area contributed by atoms with Crippen LogP contribution in [0.15, 0.2) is 5.38 Å². The molecule has 0 aliphatic carbocycles. The van der Waals surface area contributed by atoms with Crippen molar-refractivity contribution < 1.29 is 17.9 Å². The molecule has 1 rings (SSSR count). The van der Waals surface area contributed by atoms with Crippen molar-refractivity contribution in [2.24, 2.45) is 0 Å². The van der Waals surface area contributed by atoms with E-state index in [1.807, 2.05) is 0 Å². The third-order valence-electron chi connectivity index (χ3n) is 2.07. The van der Waals surface area contributed by atoms with Gasteiger partial charge in [0.1, 0.15) is 9.84 Å². The molecule has 1 aromatic heterocycles. The van der Waals surface area contributed by atoms with Crippen LogP contribution in [0.1, 0.15) is 12.1 Å². The molecule has 0 spiro atoms. The Bertz CT molecular complexity index is 496.